The molecule has 8 heteroatoms. The summed E-state index contributed by atoms with van der Waals surface area (Å²) in [5, 5.41) is 8.12. The summed E-state index contributed by atoms with van der Waals surface area (Å²) in [5.74, 6) is -2.38. The summed E-state index contributed by atoms with van der Waals surface area (Å²) in [7, 11) is -3.63. The molecule has 0 bridgehead atoms. The van der Waals surface area contributed by atoms with Crippen LogP contribution in [-0.2, 0) is 14.8 Å². The molecule has 0 aromatic heterocycles. The summed E-state index contributed by atoms with van der Waals surface area (Å²) >= 11 is 0. The fraction of sp³-hybridized carbons (Fsp3) is 0.417. The van der Waals surface area contributed by atoms with Gasteiger partial charge in [0.15, 0.2) is 0 Å². The summed E-state index contributed by atoms with van der Waals surface area (Å²) in [6, 6.07) is 3.11. The minimum Gasteiger partial charge on any atom is -0.478 e. The van der Waals surface area contributed by atoms with Gasteiger partial charge in [-0.1, -0.05) is 0 Å². The SMILES string of the molecule is O=C(O)c1ccc(NS(=O)(=O)C2CCOCC2)cc1F. The molecule has 0 atom stereocenters. The van der Waals surface area contributed by atoms with E-state index in [9.17, 15) is 17.6 Å². The second kappa shape index (κ2) is 5.76. The van der Waals surface area contributed by atoms with Crippen LogP contribution in [-0.4, -0.2) is 38.0 Å². The number of nitrogens with one attached hydrogen (secondary N) is 1. The molecule has 1 aliphatic rings. The highest BCUT2D eigenvalue weighted by Crippen LogP contribution is 2.21. The highest BCUT2D eigenvalue weighted by atomic mass is 32.2. The van der Waals surface area contributed by atoms with Crippen molar-refractivity contribution >= 4 is 21.7 Å². The third kappa shape index (κ3) is 3.26. The van der Waals surface area contributed by atoms with Gasteiger partial charge in [-0.2, -0.15) is 0 Å². The Labute approximate surface area is 115 Å². The van der Waals surface area contributed by atoms with Crippen LogP contribution < -0.4 is 4.72 Å². The van der Waals surface area contributed by atoms with Gasteiger partial charge in [-0.3, -0.25) is 4.72 Å². The number of carboxylic acid groups (broad SMARTS) is 1. The molecule has 1 aromatic rings. The van der Waals surface area contributed by atoms with Crippen molar-refractivity contribution in [2.75, 3.05) is 17.9 Å². The molecule has 1 saturated heterocycles. The number of rotatable bonds is 4. The fourth-order valence-corrected chi connectivity index (χ4v) is 3.42. The molecule has 0 unspecified atom stereocenters. The van der Waals surface area contributed by atoms with Crippen LogP contribution in [0.2, 0.25) is 0 Å². The summed E-state index contributed by atoms with van der Waals surface area (Å²) in [6.07, 6.45) is 0.760. The fourth-order valence-electron chi connectivity index (χ4n) is 1.99. The van der Waals surface area contributed by atoms with E-state index < -0.39 is 32.6 Å². The number of halogens is 1. The van der Waals surface area contributed by atoms with Crippen molar-refractivity contribution in [2.45, 2.75) is 18.1 Å². The predicted molar refractivity (Wildman–Crippen MR) is 69.7 cm³/mol. The van der Waals surface area contributed by atoms with Crippen LogP contribution in [0.15, 0.2) is 18.2 Å². The van der Waals surface area contributed by atoms with Crippen molar-refractivity contribution in [3.05, 3.63) is 29.6 Å². The first kappa shape index (κ1) is 14.7. The molecular formula is C12H14FNO5S. The first-order chi connectivity index (χ1) is 9.40. The Morgan fingerprint density at radius 3 is 2.55 bits per heavy atom. The minimum atomic E-state index is -3.63. The second-order valence-electron chi connectivity index (χ2n) is 4.46. The quantitative estimate of drug-likeness (QED) is 0.878. The number of carbonyl (C=O) groups is 1. The van der Waals surface area contributed by atoms with Gasteiger partial charge in [0, 0.05) is 13.2 Å². The highest BCUT2D eigenvalue weighted by Gasteiger charge is 2.27. The Balaban J connectivity index is 2.17. The smallest absolute Gasteiger partial charge is 0.338 e. The van der Waals surface area contributed by atoms with Crippen molar-refractivity contribution in [1.29, 1.82) is 0 Å². The lowest BCUT2D eigenvalue weighted by atomic mass is 10.2. The van der Waals surface area contributed by atoms with Gasteiger partial charge in [-0.15, -0.1) is 0 Å². The number of sulfonamides is 1. The van der Waals surface area contributed by atoms with E-state index in [1.54, 1.807) is 0 Å². The Hall–Kier alpha value is -1.67. The molecular weight excluding hydrogens is 289 g/mol. The molecule has 1 fully saturated rings. The average molecular weight is 303 g/mol. The minimum absolute atomic E-state index is 0.0130. The van der Waals surface area contributed by atoms with Gasteiger partial charge in [-0.05, 0) is 31.0 Å². The van der Waals surface area contributed by atoms with Crippen LogP contribution in [0, 0.1) is 5.82 Å². The van der Waals surface area contributed by atoms with E-state index in [1.165, 1.54) is 6.07 Å². The average Bonchev–Trinajstić information content (AvgIpc) is 2.39. The molecule has 0 aliphatic carbocycles. The molecule has 6 nitrogen and oxygen atoms in total. The van der Waals surface area contributed by atoms with E-state index >= 15 is 0 Å². The first-order valence-corrected chi connectivity index (χ1v) is 7.57. The van der Waals surface area contributed by atoms with Crippen LogP contribution in [0.25, 0.3) is 0 Å². The monoisotopic (exact) mass is 303 g/mol. The van der Waals surface area contributed by atoms with Gasteiger partial charge in [0.25, 0.3) is 0 Å². The molecule has 2 N–H and O–H groups in total. The van der Waals surface area contributed by atoms with Crippen molar-refractivity contribution in [1.82, 2.24) is 0 Å². The maximum atomic E-state index is 13.5. The maximum Gasteiger partial charge on any atom is 0.338 e. The standard InChI is InChI=1S/C12H14FNO5S/c13-11-7-8(1-2-10(11)12(15)16)14-20(17,18)9-3-5-19-6-4-9/h1-2,7,9,14H,3-6H2,(H,15,16). The molecule has 0 amide bonds. The Bertz CT molecular complexity index is 610. The van der Waals surface area contributed by atoms with Gasteiger partial charge in [-0.25, -0.2) is 17.6 Å². The molecule has 2 rings (SSSR count). The van der Waals surface area contributed by atoms with Gasteiger partial charge in [0.1, 0.15) is 5.82 Å². The van der Waals surface area contributed by atoms with Crippen molar-refractivity contribution in [3.63, 3.8) is 0 Å². The Morgan fingerprint density at radius 2 is 2.00 bits per heavy atom. The lowest BCUT2D eigenvalue weighted by molar-refractivity contribution is 0.0692. The zero-order chi connectivity index (χ0) is 14.8. The molecule has 0 radical (unpaired) electrons. The van der Waals surface area contributed by atoms with Crippen LogP contribution in [0.1, 0.15) is 23.2 Å². The predicted octanol–water partition coefficient (Wildman–Crippen LogP) is 1.44. The number of ether oxygens (including phenoxy) is 1. The van der Waals surface area contributed by atoms with E-state index in [0.29, 0.717) is 26.1 Å². The molecule has 20 heavy (non-hydrogen) atoms. The van der Waals surface area contributed by atoms with E-state index in [-0.39, 0.29) is 5.69 Å². The van der Waals surface area contributed by atoms with Gasteiger partial charge < -0.3 is 9.84 Å². The van der Waals surface area contributed by atoms with Crippen molar-refractivity contribution in [3.8, 4) is 0 Å². The number of hydrogen-bond donors (Lipinski definition) is 2. The van der Waals surface area contributed by atoms with Crippen LogP contribution in [0.4, 0.5) is 10.1 Å². The molecule has 1 aliphatic heterocycles. The molecule has 0 spiro atoms. The molecule has 110 valence electrons. The number of hydrogen-bond acceptors (Lipinski definition) is 4. The summed E-state index contributed by atoms with van der Waals surface area (Å²) < 4.78 is 45.0. The summed E-state index contributed by atoms with van der Waals surface area (Å²) in [5.41, 5.74) is -0.488. The van der Waals surface area contributed by atoms with E-state index in [2.05, 4.69) is 4.72 Å². The largest absolute Gasteiger partial charge is 0.478 e. The summed E-state index contributed by atoms with van der Waals surface area (Å²) in [4.78, 5) is 10.7. The normalized spacial score (nSPS) is 16.9. The van der Waals surface area contributed by atoms with Crippen LogP contribution in [0.5, 0.6) is 0 Å². The second-order valence-corrected chi connectivity index (χ2v) is 6.42. The summed E-state index contributed by atoms with van der Waals surface area (Å²) in [6.45, 7) is 0.746. The molecule has 0 saturated carbocycles. The lowest BCUT2D eigenvalue weighted by Crippen LogP contribution is -2.33. The zero-order valence-electron chi connectivity index (χ0n) is 10.5. The Morgan fingerprint density at radius 1 is 1.35 bits per heavy atom. The van der Waals surface area contributed by atoms with E-state index in [1.807, 2.05) is 0 Å². The lowest BCUT2D eigenvalue weighted by Gasteiger charge is -2.22. The van der Waals surface area contributed by atoms with Gasteiger partial charge in [0.2, 0.25) is 10.0 Å². The van der Waals surface area contributed by atoms with E-state index in [0.717, 1.165) is 12.1 Å². The van der Waals surface area contributed by atoms with Crippen LogP contribution in [0.3, 0.4) is 0 Å². The van der Waals surface area contributed by atoms with Crippen LogP contribution >= 0.6 is 0 Å². The zero-order valence-corrected chi connectivity index (χ0v) is 11.3. The number of benzene rings is 1. The Kier molecular flexibility index (Phi) is 4.24. The van der Waals surface area contributed by atoms with Crippen molar-refractivity contribution in [2.24, 2.45) is 0 Å². The first-order valence-electron chi connectivity index (χ1n) is 6.02. The van der Waals surface area contributed by atoms with Crippen molar-refractivity contribution < 1.29 is 27.4 Å². The van der Waals surface area contributed by atoms with Gasteiger partial charge >= 0.3 is 5.97 Å². The molecule has 1 heterocycles. The van der Waals surface area contributed by atoms with E-state index in [4.69, 9.17) is 9.84 Å². The third-order valence-electron chi connectivity index (χ3n) is 3.07. The molecule has 1 aromatic carbocycles. The number of carboxylic acids is 1. The topological polar surface area (TPSA) is 92.7 Å². The maximum absolute atomic E-state index is 13.5. The third-order valence-corrected chi connectivity index (χ3v) is 4.94. The number of anilines is 1. The van der Waals surface area contributed by atoms with Gasteiger partial charge in [0.05, 0.1) is 16.5 Å². The number of aromatic carboxylic acids is 1. The highest BCUT2D eigenvalue weighted by molar-refractivity contribution is 7.93.